The summed E-state index contributed by atoms with van der Waals surface area (Å²) in [5.41, 5.74) is 2.15. The predicted molar refractivity (Wildman–Crippen MR) is 72.1 cm³/mol. The molecule has 0 radical (unpaired) electrons. The van der Waals surface area contributed by atoms with Crippen LogP contribution in [0.4, 0.5) is 0 Å². The van der Waals surface area contributed by atoms with E-state index in [1.807, 2.05) is 54.6 Å². The molecule has 0 aliphatic heterocycles. The topological polar surface area (TPSA) is 50.4 Å². The van der Waals surface area contributed by atoms with E-state index in [9.17, 15) is 9.90 Å². The number of rotatable bonds is 3. The summed E-state index contributed by atoms with van der Waals surface area (Å²) >= 11 is 0. The number of fused-ring (bicyclic) bond motifs is 1. The summed E-state index contributed by atoms with van der Waals surface area (Å²) in [4.78, 5) is 11.6. The van der Waals surface area contributed by atoms with Crippen molar-refractivity contribution in [3.05, 3.63) is 72.0 Å². The molecule has 0 spiro atoms. The molecule has 1 unspecified atom stereocenters. The van der Waals surface area contributed by atoms with Crippen LogP contribution in [0.2, 0.25) is 0 Å². The molecule has 1 N–H and O–H groups in total. The maximum Gasteiger partial charge on any atom is 0.315 e. The van der Waals surface area contributed by atoms with Crippen LogP contribution in [-0.4, -0.2) is 11.1 Å². The van der Waals surface area contributed by atoms with E-state index >= 15 is 0 Å². The molecule has 19 heavy (non-hydrogen) atoms. The Balaban J connectivity index is 2.18. The first-order valence-electron chi connectivity index (χ1n) is 6.01. The lowest BCUT2D eigenvalue weighted by Gasteiger charge is -2.11. The van der Waals surface area contributed by atoms with Gasteiger partial charge in [0, 0.05) is 10.9 Å². The highest BCUT2D eigenvalue weighted by Gasteiger charge is 2.25. The van der Waals surface area contributed by atoms with E-state index in [1.165, 1.54) is 6.26 Å². The molecular formula is C16H12O3. The standard InChI is InChI=1S/C16H12O3/c17-16(18)15(11-6-2-1-3-7-11)13-10-19-14-9-5-4-8-12(13)14/h1-10,15H,(H,17,18). The highest BCUT2D eigenvalue weighted by molar-refractivity contribution is 5.90. The van der Waals surface area contributed by atoms with Crippen LogP contribution in [0.3, 0.4) is 0 Å². The van der Waals surface area contributed by atoms with Gasteiger partial charge in [-0.2, -0.15) is 0 Å². The van der Waals surface area contributed by atoms with Gasteiger partial charge in [-0.15, -0.1) is 0 Å². The summed E-state index contributed by atoms with van der Waals surface area (Å²) in [6.07, 6.45) is 1.54. The van der Waals surface area contributed by atoms with E-state index in [2.05, 4.69) is 0 Å². The average molecular weight is 252 g/mol. The summed E-state index contributed by atoms with van der Waals surface area (Å²) in [7, 11) is 0. The largest absolute Gasteiger partial charge is 0.481 e. The van der Waals surface area contributed by atoms with Crippen LogP contribution in [0.5, 0.6) is 0 Å². The van der Waals surface area contributed by atoms with E-state index in [1.54, 1.807) is 0 Å². The van der Waals surface area contributed by atoms with E-state index < -0.39 is 11.9 Å². The molecule has 2 aromatic carbocycles. The summed E-state index contributed by atoms with van der Waals surface area (Å²) < 4.78 is 5.44. The monoisotopic (exact) mass is 252 g/mol. The lowest BCUT2D eigenvalue weighted by atomic mass is 9.91. The number of furan rings is 1. The third-order valence-corrected chi connectivity index (χ3v) is 3.20. The van der Waals surface area contributed by atoms with Gasteiger partial charge in [-0.1, -0.05) is 48.5 Å². The molecule has 1 heterocycles. The fourth-order valence-electron chi connectivity index (χ4n) is 2.32. The quantitative estimate of drug-likeness (QED) is 0.774. The summed E-state index contributed by atoms with van der Waals surface area (Å²) in [6.45, 7) is 0. The minimum absolute atomic E-state index is 0.689. The van der Waals surface area contributed by atoms with Crippen molar-refractivity contribution in [1.29, 1.82) is 0 Å². The molecule has 3 aromatic rings. The fraction of sp³-hybridized carbons (Fsp3) is 0.0625. The molecule has 0 amide bonds. The van der Waals surface area contributed by atoms with Crippen molar-refractivity contribution in [2.75, 3.05) is 0 Å². The number of para-hydroxylation sites is 1. The first-order valence-corrected chi connectivity index (χ1v) is 6.01. The summed E-state index contributed by atoms with van der Waals surface area (Å²) in [5.74, 6) is -1.58. The van der Waals surface area contributed by atoms with Gasteiger partial charge in [0.15, 0.2) is 0 Å². The zero-order valence-electron chi connectivity index (χ0n) is 10.1. The number of benzene rings is 2. The Morgan fingerprint density at radius 3 is 2.42 bits per heavy atom. The van der Waals surface area contributed by atoms with Crippen molar-refractivity contribution in [2.24, 2.45) is 0 Å². The SMILES string of the molecule is O=C(O)C(c1ccccc1)c1coc2ccccc12. The van der Waals surface area contributed by atoms with Crippen molar-refractivity contribution in [1.82, 2.24) is 0 Å². The fourth-order valence-corrected chi connectivity index (χ4v) is 2.32. The van der Waals surface area contributed by atoms with Gasteiger partial charge in [0.2, 0.25) is 0 Å². The molecule has 0 saturated carbocycles. The van der Waals surface area contributed by atoms with Gasteiger partial charge in [0.25, 0.3) is 0 Å². The highest BCUT2D eigenvalue weighted by Crippen LogP contribution is 2.32. The van der Waals surface area contributed by atoms with Crippen molar-refractivity contribution in [2.45, 2.75) is 5.92 Å². The van der Waals surface area contributed by atoms with Crippen LogP contribution < -0.4 is 0 Å². The number of hydrogen-bond donors (Lipinski definition) is 1. The van der Waals surface area contributed by atoms with E-state index in [0.717, 1.165) is 10.9 Å². The Labute approximate surface area is 110 Å². The number of carboxylic acid groups (broad SMARTS) is 1. The maximum absolute atomic E-state index is 11.6. The van der Waals surface area contributed by atoms with Crippen molar-refractivity contribution < 1.29 is 14.3 Å². The predicted octanol–water partition coefficient (Wildman–Crippen LogP) is 3.65. The van der Waals surface area contributed by atoms with Gasteiger partial charge in [-0.25, -0.2) is 0 Å². The molecular weight excluding hydrogens is 240 g/mol. The Morgan fingerprint density at radius 1 is 1.00 bits per heavy atom. The van der Waals surface area contributed by atoms with Gasteiger partial charge in [0.1, 0.15) is 11.5 Å². The Bertz CT molecular complexity index is 713. The van der Waals surface area contributed by atoms with Crippen LogP contribution in [0.25, 0.3) is 11.0 Å². The molecule has 1 atom stereocenters. The Kier molecular flexibility index (Phi) is 2.80. The number of aliphatic carboxylic acids is 1. The maximum atomic E-state index is 11.6. The number of carboxylic acids is 1. The van der Waals surface area contributed by atoms with Gasteiger partial charge in [0.05, 0.1) is 6.26 Å². The van der Waals surface area contributed by atoms with Crippen LogP contribution in [-0.2, 0) is 4.79 Å². The lowest BCUT2D eigenvalue weighted by molar-refractivity contribution is -0.137. The van der Waals surface area contributed by atoms with Crippen molar-refractivity contribution in [3.63, 3.8) is 0 Å². The van der Waals surface area contributed by atoms with Crippen LogP contribution in [0.15, 0.2) is 65.3 Å². The van der Waals surface area contributed by atoms with Gasteiger partial charge in [-0.3, -0.25) is 4.79 Å². The van der Waals surface area contributed by atoms with Crippen LogP contribution >= 0.6 is 0 Å². The second-order valence-corrected chi connectivity index (χ2v) is 4.37. The third kappa shape index (κ3) is 1.99. The van der Waals surface area contributed by atoms with Gasteiger partial charge >= 0.3 is 5.97 Å². The lowest BCUT2D eigenvalue weighted by Crippen LogP contribution is -2.12. The zero-order chi connectivity index (χ0) is 13.2. The zero-order valence-corrected chi connectivity index (χ0v) is 10.1. The minimum atomic E-state index is -0.877. The number of hydrogen-bond acceptors (Lipinski definition) is 2. The second-order valence-electron chi connectivity index (χ2n) is 4.37. The van der Waals surface area contributed by atoms with Crippen LogP contribution in [0, 0.1) is 0 Å². The van der Waals surface area contributed by atoms with E-state index in [-0.39, 0.29) is 0 Å². The van der Waals surface area contributed by atoms with Gasteiger partial charge < -0.3 is 9.52 Å². The summed E-state index contributed by atoms with van der Waals surface area (Å²) in [5, 5.41) is 10.4. The first-order chi connectivity index (χ1) is 9.27. The Hall–Kier alpha value is -2.55. The molecule has 3 rings (SSSR count). The molecule has 0 aliphatic rings. The average Bonchev–Trinajstić information content (AvgIpc) is 2.84. The second kappa shape index (κ2) is 4.61. The van der Waals surface area contributed by atoms with Crippen molar-refractivity contribution in [3.8, 4) is 0 Å². The Morgan fingerprint density at radius 2 is 1.68 bits per heavy atom. The molecule has 0 aliphatic carbocycles. The molecule has 3 heteroatoms. The molecule has 0 fully saturated rings. The third-order valence-electron chi connectivity index (χ3n) is 3.20. The van der Waals surface area contributed by atoms with E-state index in [0.29, 0.717) is 11.1 Å². The molecule has 3 nitrogen and oxygen atoms in total. The normalized spacial score (nSPS) is 12.4. The van der Waals surface area contributed by atoms with Gasteiger partial charge in [-0.05, 0) is 11.6 Å². The molecule has 94 valence electrons. The first kappa shape index (κ1) is 11.5. The van der Waals surface area contributed by atoms with Crippen LogP contribution in [0.1, 0.15) is 17.0 Å². The van der Waals surface area contributed by atoms with E-state index in [4.69, 9.17) is 4.42 Å². The summed E-state index contributed by atoms with van der Waals surface area (Å²) in [6, 6.07) is 16.7. The molecule has 0 saturated heterocycles. The highest BCUT2D eigenvalue weighted by atomic mass is 16.4. The molecule has 0 bridgehead atoms. The minimum Gasteiger partial charge on any atom is -0.481 e. The smallest absolute Gasteiger partial charge is 0.315 e. The van der Waals surface area contributed by atoms with Crippen molar-refractivity contribution >= 4 is 16.9 Å². The number of carbonyl (C=O) groups is 1. The molecule has 1 aromatic heterocycles.